The van der Waals surface area contributed by atoms with E-state index in [2.05, 4.69) is 52.3 Å². The van der Waals surface area contributed by atoms with Crippen LogP contribution < -0.4 is 5.32 Å². The Morgan fingerprint density at radius 2 is 1.85 bits per heavy atom. The number of piperidine rings is 2. The zero-order chi connectivity index (χ0) is 18.6. The summed E-state index contributed by atoms with van der Waals surface area (Å²) in [5, 5.41) is 3.58. The summed E-state index contributed by atoms with van der Waals surface area (Å²) in [7, 11) is 4.56. The van der Waals surface area contributed by atoms with E-state index in [1.54, 1.807) is 0 Å². The molecule has 0 radical (unpaired) electrons. The molecular formula is C23H38N4. The van der Waals surface area contributed by atoms with E-state index in [1.807, 2.05) is 0 Å². The van der Waals surface area contributed by atoms with Crippen LogP contribution in [0.3, 0.4) is 0 Å². The topological polar surface area (TPSA) is 21.8 Å². The van der Waals surface area contributed by atoms with Crippen LogP contribution in [0.2, 0.25) is 0 Å². The van der Waals surface area contributed by atoms with E-state index in [0.717, 1.165) is 25.0 Å². The molecule has 2 fully saturated rings. The summed E-state index contributed by atoms with van der Waals surface area (Å²) in [5.74, 6) is 0.926. The van der Waals surface area contributed by atoms with E-state index in [0.29, 0.717) is 0 Å². The van der Waals surface area contributed by atoms with Gasteiger partial charge < -0.3 is 20.0 Å². The van der Waals surface area contributed by atoms with Crippen molar-refractivity contribution in [2.45, 2.75) is 51.1 Å². The minimum Gasteiger partial charge on any atom is -0.384 e. The van der Waals surface area contributed by atoms with E-state index < -0.39 is 0 Å². The minimum atomic E-state index is 0.859. The molecule has 1 aromatic carbocycles. The van der Waals surface area contributed by atoms with Gasteiger partial charge in [-0.2, -0.15) is 0 Å². The van der Waals surface area contributed by atoms with Gasteiger partial charge in [0.05, 0.1) is 0 Å². The van der Waals surface area contributed by atoms with Crippen LogP contribution in [0.4, 0.5) is 5.69 Å². The molecule has 0 spiro atoms. The largest absolute Gasteiger partial charge is 0.384 e. The molecule has 2 saturated heterocycles. The monoisotopic (exact) mass is 370 g/mol. The van der Waals surface area contributed by atoms with Gasteiger partial charge in [-0.25, -0.2) is 0 Å². The molecule has 4 heteroatoms. The second kappa shape index (κ2) is 8.93. The van der Waals surface area contributed by atoms with Crippen molar-refractivity contribution in [3.05, 3.63) is 29.3 Å². The molecule has 3 heterocycles. The molecule has 0 unspecified atom stereocenters. The highest BCUT2D eigenvalue weighted by Gasteiger charge is 2.27. The van der Waals surface area contributed by atoms with Gasteiger partial charge in [0.2, 0.25) is 0 Å². The van der Waals surface area contributed by atoms with Crippen molar-refractivity contribution < 1.29 is 0 Å². The summed E-state index contributed by atoms with van der Waals surface area (Å²) in [6.45, 7) is 8.64. The van der Waals surface area contributed by atoms with E-state index in [-0.39, 0.29) is 0 Å². The average Bonchev–Trinajstić information content (AvgIpc) is 3.17. The van der Waals surface area contributed by atoms with Gasteiger partial charge in [-0.05, 0) is 102 Å². The molecule has 0 atom stereocenters. The van der Waals surface area contributed by atoms with Crippen LogP contribution in [0.1, 0.15) is 43.2 Å². The molecular weight excluding hydrogens is 332 g/mol. The Bertz CT molecular complexity index is 600. The van der Waals surface area contributed by atoms with E-state index >= 15 is 0 Å². The molecule has 27 heavy (non-hydrogen) atoms. The van der Waals surface area contributed by atoms with Crippen molar-refractivity contribution in [3.63, 3.8) is 0 Å². The quantitative estimate of drug-likeness (QED) is 0.829. The highest BCUT2D eigenvalue weighted by Crippen LogP contribution is 2.28. The van der Waals surface area contributed by atoms with Gasteiger partial charge in [0.15, 0.2) is 0 Å². The molecule has 3 aliphatic rings. The molecule has 0 aromatic heterocycles. The molecule has 0 amide bonds. The van der Waals surface area contributed by atoms with Crippen LogP contribution in [0.25, 0.3) is 0 Å². The van der Waals surface area contributed by atoms with E-state index in [9.17, 15) is 0 Å². The Labute approximate surface area is 165 Å². The third-order valence-corrected chi connectivity index (χ3v) is 7.15. The second-order valence-corrected chi connectivity index (χ2v) is 9.17. The lowest BCUT2D eigenvalue weighted by atomic mass is 9.91. The number of hydrogen-bond acceptors (Lipinski definition) is 4. The fraction of sp³-hybridized carbons (Fsp3) is 0.739. The molecule has 150 valence electrons. The molecule has 1 N–H and O–H groups in total. The minimum absolute atomic E-state index is 0.859. The average molecular weight is 371 g/mol. The SMILES string of the molecule is CN1CCC(N2CCC(CCN(C)Cc3cccc4c3NCC4)CC2)CC1. The Morgan fingerprint density at radius 1 is 1.07 bits per heavy atom. The first-order valence-electron chi connectivity index (χ1n) is 11.1. The van der Waals surface area contributed by atoms with Crippen LogP contribution in [-0.2, 0) is 13.0 Å². The number of fused-ring (bicyclic) bond motifs is 1. The maximum absolute atomic E-state index is 3.58. The third-order valence-electron chi connectivity index (χ3n) is 7.15. The van der Waals surface area contributed by atoms with Crippen LogP contribution in [-0.4, -0.2) is 74.1 Å². The van der Waals surface area contributed by atoms with Gasteiger partial charge >= 0.3 is 0 Å². The zero-order valence-corrected chi connectivity index (χ0v) is 17.4. The van der Waals surface area contributed by atoms with E-state index in [1.165, 1.54) is 88.1 Å². The summed E-state index contributed by atoms with van der Waals surface area (Å²) >= 11 is 0. The predicted octanol–water partition coefficient (Wildman–Crippen LogP) is 3.28. The van der Waals surface area contributed by atoms with Gasteiger partial charge in [-0.15, -0.1) is 0 Å². The second-order valence-electron chi connectivity index (χ2n) is 9.17. The molecule has 3 aliphatic heterocycles. The third kappa shape index (κ3) is 4.85. The highest BCUT2D eigenvalue weighted by atomic mass is 15.2. The normalized spacial score (nSPS) is 22.9. The Morgan fingerprint density at radius 3 is 2.63 bits per heavy atom. The van der Waals surface area contributed by atoms with Gasteiger partial charge in [-0.3, -0.25) is 0 Å². The molecule has 4 nitrogen and oxygen atoms in total. The first-order valence-corrected chi connectivity index (χ1v) is 11.1. The molecule has 0 aliphatic carbocycles. The van der Waals surface area contributed by atoms with Crippen molar-refractivity contribution >= 4 is 5.69 Å². The fourth-order valence-corrected chi connectivity index (χ4v) is 5.28. The van der Waals surface area contributed by atoms with Gasteiger partial charge in [0.1, 0.15) is 0 Å². The summed E-state index contributed by atoms with van der Waals surface area (Å²) < 4.78 is 0. The van der Waals surface area contributed by atoms with Crippen LogP contribution in [0.15, 0.2) is 18.2 Å². The summed E-state index contributed by atoms with van der Waals surface area (Å²) in [5.41, 5.74) is 4.39. The lowest BCUT2D eigenvalue weighted by molar-refractivity contribution is 0.0815. The predicted molar refractivity (Wildman–Crippen MR) is 114 cm³/mol. The number of hydrogen-bond donors (Lipinski definition) is 1. The number of nitrogens with one attached hydrogen (secondary N) is 1. The van der Waals surface area contributed by atoms with Gasteiger partial charge in [-0.1, -0.05) is 18.2 Å². The van der Waals surface area contributed by atoms with Crippen molar-refractivity contribution in [1.82, 2.24) is 14.7 Å². The Balaban J connectivity index is 1.18. The number of likely N-dealkylation sites (tertiary alicyclic amines) is 2. The maximum Gasteiger partial charge on any atom is 0.0419 e. The smallest absolute Gasteiger partial charge is 0.0419 e. The van der Waals surface area contributed by atoms with Crippen molar-refractivity contribution in [1.29, 1.82) is 0 Å². The lowest BCUT2D eigenvalue weighted by Crippen LogP contribution is -2.47. The summed E-state index contributed by atoms with van der Waals surface area (Å²) in [4.78, 5) is 7.81. The summed E-state index contributed by atoms with van der Waals surface area (Å²) in [6, 6.07) is 7.66. The number of para-hydroxylation sites is 1. The standard InChI is InChI=1S/C23H38N4/c1-25-14-10-22(11-15-25)27-16-8-19(9-17-27)7-13-26(2)18-21-5-3-4-20-6-12-24-23(20)21/h3-5,19,22,24H,6-18H2,1-2H3. The van der Waals surface area contributed by atoms with Crippen molar-refractivity contribution in [3.8, 4) is 0 Å². The Kier molecular flexibility index (Phi) is 6.36. The van der Waals surface area contributed by atoms with Crippen molar-refractivity contribution in [2.24, 2.45) is 5.92 Å². The summed E-state index contributed by atoms with van der Waals surface area (Å²) in [6.07, 6.45) is 8.10. The van der Waals surface area contributed by atoms with E-state index in [4.69, 9.17) is 0 Å². The molecule has 1 aromatic rings. The van der Waals surface area contributed by atoms with Gasteiger partial charge in [0.25, 0.3) is 0 Å². The maximum atomic E-state index is 3.58. The number of rotatable bonds is 6. The van der Waals surface area contributed by atoms with Crippen molar-refractivity contribution in [2.75, 3.05) is 58.7 Å². The number of nitrogens with zero attached hydrogens (tertiary/aromatic N) is 3. The molecule has 4 rings (SSSR count). The van der Waals surface area contributed by atoms with Crippen LogP contribution in [0, 0.1) is 5.92 Å². The molecule has 0 saturated carbocycles. The Hall–Kier alpha value is -1.10. The first kappa shape index (κ1) is 19.2. The van der Waals surface area contributed by atoms with Crippen LogP contribution in [0.5, 0.6) is 0 Å². The fourth-order valence-electron chi connectivity index (χ4n) is 5.28. The number of benzene rings is 1. The lowest BCUT2D eigenvalue weighted by Gasteiger charge is -2.41. The first-order chi connectivity index (χ1) is 13.2. The van der Waals surface area contributed by atoms with Gasteiger partial charge in [0, 0.05) is 24.8 Å². The molecule has 0 bridgehead atoms. The van der Waals surface area contributed by atoms with Crippen LogP contribution >= 0.6 is 0 Å². The number of anilines is 1. The highest BCUT2D eigenvalue weighted by molar-refractivity contribution is 5.61. The zero-order valence-electron chi connectivity index (χ0n) is 17.4.